The third-order valence-electron chi connectivity index (χ3n) is 2.36. The van der Waals surface area contributed by atoms with Crippen molar-refractivity contribution in [1.82, 2.24) is 4.98 Å². The van der Waals surface area contributed by atoms with Crippen LogP contribution in [0.3, 0.4) is 0 Å². The Morgan fingerprint density at radius 3 is 2.13 bits per heavy atom. The molecule has 0 saturated carbocycles. The first kappa shape index (κ1) is 9.91. The first-order chi connectivity index (χ1) is 7.40. The Morgan fingerprint density at radius 2 is 1.53 bits per heavy atom. The molecule has 1 radical (unpaired) electrons. The fourth-order valence-corrected chi connectivity index (χ4v) is 1.59. The second-order valence-corrected chi connectivity index (χ2v) is 3.47. The number of hydrogen-bond donors (Lipinski definition) is 0. The summed E-state index contributed by atoms with van der Waals surface area (Å²) < 4.78 is 0. The highest BCUT2D eigenvalue weighted by Gasteiger charge is 1.96. The Kier molecular flexibility index (Phi) is 3.13. The van der Waals surface area contributed by atoms with Gasteiger partial charge in [-0.3, -0.25) is 4.98 Å². The van der Waals surface area contributed by atoms with E-state index in [2.05, 4.69) is 42.6 Å². The summed E-state index contributed by atoms with van der Waals surface area (Å²) in [6.07, 6.45) is 6.94. The molecular weight excluding hydrogens is 182 g/mol. The molecule has 0 aliphatic carbocycles. The maximum absolute atomic E-state index is 4.01. The van der Waals surface area contributed by atoms with Crippen LogP contribution in [0.25, 0.3) is 11.1 Å². The van der Waals surface area contributed by atoms with Crippen molar-refractivity contribution >= 4 is 0 Å². The predicted octanol–water partition coefficient (Wildman–Crippen LogP) is 3.71. The Bertz CT molecular complexity index is 403. The molecule has 0 fully saturated rings. The lowest BCUT2D eigenvalue weighted by Gasteiger charge is -2.02. The minimum Gasteiger partial charge on any atom is -0.265 e. The van der Waals surface area contributed by atoms with Crippen molar-refractivity contribution in [2.75, 3.05) is 0 Å². The van der Waals surface area contributed by atoms with Gasteiger partial charge in [-0.05, 0) is 41.7 Å². The van der Waals surface area contributed by atoms with Crippen LogP contribution in [-0.2, 0) is 0 Å². The first-order valence-electron chi connectivity index (χ1n) is 5.24. The van der Waals surface area contributed by atoms with Crippen LogP contribution in [0.1, 0.15) is 18.9 Å². The average molecular weight is 196 g/mol. The molecule has 0 aliphatic heterocycles. The van der Waals surface area contributed by atoms with Gasteiger partial charge in [0.25, 0.3) is 0 Å². The van der Waals surface area contributed by atoms with E-state index in [1.54, 1.807) is 0 Å². The number of rotatable bonds is 3. The molecule has 0 bridgehead atoms. The van der Waals surface area contributed by atoms with E-state index in [0.29, 0.717) is 0 Å². The van der Waals surface area contributed by atoms with Gasteiger partial charge >= 0.3 is 0 Å². The zero-order valence-electron chi connectivity index (χ0n) is 8.85. The van der Waals surface area contributed by atoms with Crippen molar-refractivity contribution in [3.63, 3.8) is 0 Å². The molecule has 0 atom stereocenters. The maximum Gasteiger partial charge on any atom is 0.0273 e. The van der Waals surface area contributed by atoms with Crippen LogP contribution >= 0.6 is 0 Å². The summed E-state index contributed by atoms with van der Waals surface area (Å²) in [5.74, 6) is 0. The van der Waals surface area contributed by atoms with E-state index in [-0.39, 0.29) is 0 Å². The summed E-state index contributed by atoms with van der Waals surface area (Å²) in [5.41, 5.74) is 3.74. The van der Waals surface area contributed by atoms with Gasteiger partial charge < -0.3 is 0 Å². The van der Waals surface area contributed by atoms with Gasteiger partial charge in [-0.2, -0.15) is 0 Å². The molecule has 0 amide bonds. The summed E-state index contributed by atoms with van der Waals surface area (Å²) in [4.78, 5) is 4.01. The van der Waals surface area contributed by atoms with Crippen LogP contribution in [0, 0.1) is 6.42 Å². The summed E-state index contributed by atoms with van der Waals surface area (Å²) in [7, 11) is 0. The highest BCUT2D eigenvalue weighted by molar-refractivity contribution is 5.63. The number of nitrogens with zero attached hydrogens (tertiary/aromatic N) is 1. The monoisotopic (exact) mass is 196 g/mol. The van der Waals surface area contributed by atoms with Crippen molar-refractivity contribution in [2.45, 2.75) is 13.3 Å². The van der Waals surface area contributed by atoms with Gasteiger partial charge in [0.05, 0.1) is 0 Å². The maximum atomic E-state index is 4.01. The molecule has 15 heavy (non-hydrogen) atoms. The largest absolute Gasteiger partial charge is 0.265 e. The SMILES string of the molecule is CC[CH]c1ccc(-c2ccncc2)cc1. The van der Waals surface area contributed by atoms with Crippen LogP contribution in [0.2, 0.25) is 0 Å². The third-order valence-corrected chi connectivity index (χ3v) is 2.36. The Balaban J connectivity index is 2.24. The van der Waals surface area contributed by atoms with E-state index < -0.39 is 0 Å². The highest BCUT2D eigenvalue weighted by atomic mass is 14.6. The second kappa shape index (κ2) is 4.74. The van der Waals surface area contributed by atoms with E-state index >= 15 is 0 Å². The summed E-state index contributed by atoms with van der Waals surface area (Å²) in [6.45, 7) is 2.15. The molecule has 1 heteroatoms. The van der Waals surface area contributed by atoms with Crippen LogP contribution in [-0.4, -0.2) is 4.98 Å². The predicted molar refractivity (Wildman–Crippen MR) is 63.4 cm³/mol. The molecule has 1 aromatic heterocycles. The lowest BCUT2D eigenvalue weighted by Crippen LogP contribution is -1.81. The van der Waals surface area contributed by atoms with Gasteiger partial charge in [0.2, 0.25) is 0 Å². The number of hydrogen-bond acceptors (Lipinski definition) is 1. The minimum absolute atomic E-state index is 1.08. The van der Waals surface area contributed by atoms with Crippen molar-refractivity contribution in [1.29, 1.82) is 0 Å². The second-order valence-electron chi connectivity index (χ2n) is 3.47. The molecule has 1 aromatic carbocycles. The lowest BCUT2D eigenvalue weighted by molar-refractivity contribution is 1.12. The Morgan fingerprint density at radius 1 is 0.933 bits per heavy atom. The van der Waals surface area contributed by atoms with Crippen molar-refractivity contribution in [3.05, 3.63) is 60.8 Å². The molecule has 0 N–H and O–H groups in total. The molecule has 1 nitrogen and oxygen atoms in total. The number of aromatic nitrogens is 1. The van der Waals surface area contributed by atoms with Gasteiger partial charge in [0.15, 0.2) is 0 Å². The number of pyridine rings is 1. The van der Waals surface area contributed by atoms with Crippen LogP contribution < -0.4 is 0 Å². The zero-order valence-corrected chi connectivity index (χ0v) is 8.85. The van der Waals surface area contributed by atoms with E-state index in [1.165, 1.54) is 16.7 Å². The fraction of sp³-hybridized carbons (Fsp3) is 0.143. The topological polar surface area (TPSA) is 12.9 Å². The summed E-state index contributed by atoms with van der Waals surface area (Å²) in [5, 5.41) is 0. The fourth-order valence-electron chi connectivity index (χ4n) is 1.59. The van der Waals surface area contributed by atoms with Crippen molar-refractivity contribution in [2.24, 2.45) is 0 Å². The van der Waals surface area contributed by atoms with Crippen LogP contribution in [0.15, 0.2) is 48.8 Å². The van der Waals surface area contributed by atoms with Gasteiger partial charge in [0, 0.05) is 12.4 Å². The van der Waals surface area contributed by atoms with Gasteiger partial charge in [0.1, 0.15) is 0 Å². The first-order valence-corrected chi connectivity index (χ1v) is 5.24. The Labute approximate surface area is 90.8 Å². The normalized spacial score (nSPS) is 10.2. The van der Waals surface area contributed by atoms with Gasteiger partial charge in [-0.25, -0.2) is 0 Å². The molecule has 0 spiro atoms. The molecule has 0 aliphatic rings. The van der Waals surface area contributed by atoms with Gasteiger partial charge in [-0.15, -0.1) is 0 Å². The summed E-state index contributed by atoms with van der Waals surface area (Å²) >= 11 is 0. The molecule has 2 rings (SSSR count). The van der Waals surface area contributed by atoms with E-state index in [4.69, 9.17) is 0 Å². The van der Waals surface area contributed by atoms with E-state index in [1.807, 2.05) is 24.5 Å². The summed E-state index contributed by atoms with van der Waals surface area (Å²) in [6, 6.07) is 12.7. The molecule has 1 heterocycles. The van der Waals surface area contributed by atoms with Crippen LogP contribution in [0.5, 0.6) is 0 Å². The number of benzene rings is 1. The van der Waals surface area contributed by atoms with Crippen molar-refractivity contribution < 1.29 is 0 Å². The molecule has 75 valence electrons. The van der Waals surface area contributed by atoms with Crippen molar-refractivity contribution in [3.8, 4) is 11.1 Å². The third kappa shape index (κ3) is 2.44. The Hall–Kier alpha value is -1.63. The van der Waals surface area contributed by atoms with Gasteiger partial charge in [-0.1, -0.05) is 31.2 Å². The standard InChI is InChI=1S/C14H14N/c1-2-3-12-4-6-13(7-5-12)14-8-10-15-11-9-14/h3-11H,2H2,1H3. The quantitative estimate of drug-likeness (QED) is 0.729. The lowest BCUT2D eigenvalue weighted by atomic mass is 10.0. The molecule has 2 aromatic rings. The molecular formula is C14H14N. The van der Waals surface area contributed by atoms with E-state index in [9.17, 15) is 0 Å². The van der Waals surface area contributed by atoms with E-state index in [0.717, 1.165) is 6.42 Å². The average Bonchev–Trinajstić information content (AvgIpc) is 2.32. The smallest absolute Gasteiger partial charge is 0.0273 e. The molecule has 0 saturated heterocycles. The van der Waals surface area contributed by atoms with Crippen LogP contribution in [0.4, 0.5) is 0 Å². The zero-order chi connectivity index (χ0) is 10.5. The highest BCUT2D eigenvalue weighted by Crippen LogP contribution is 2.19. The minimum atomic E-state index is 1.08. The molecule has 0 unspecified atom stereocenters.